The molecule has 2 aromatic rings. The molecule has 0 aromatic heterocycles. The zero-order valence-corrected chi connectivity index (χ0v) is 15.4. The minimum atomic E-state index is 0.116. The molecule has 0 amide bonds. The fourth-order valence-electron chi connectivity index (χ4n) is 3.30. The first kappa shape index (κ1) is 17.9. The van der Waals surface area contributed by atoms with Crippen molar-refractivity contribution < 1.29 is 23.7 Å². The van der Waals surface area contributed by atoms with Crippen LogP contribution in [0.1, 0.15) is 24.0 Å². The van der Waals surface area contributed by atoms with Crippen LogP contribution in [0.5, 0.6) is 23.0 Å². The Kier molecular flexibility index (Phi) is 5.16. The first-order valence-corrected chi connectivity index (χ1v) is 8.34. The molecular weight excluding hydrogens is 332 g/mol. The van der Waals surface area contributed by atoms with Crippen LogP contribution in [0.25, 0.3) is 11.1 Å². The van der Waals surface area contributed by atoms with E-state index in [9.17, 15) is 4.79 Å². The Morgan fingerprint density at radius 3 is 1.85 bits per heavy atom. The van der Waals surface area contributed by atoms with Gasteiger partial charge in [0.1, 0.15) is 5.75 Å². The van der Waals surface area contributed by atoms with E-state index in [4.69, 9.17) is 18.9 Å². The molecule has 2 aromatic carbocycles. The zero-order chi connectivity index (χ0) is 18.7. The number of carbonyl (C=O) groups is 1. The summed E-state index contributed by atoms with van der Waals surface area (Å²) in [5, 5.41) is 0. The average Bonchev–Trinajstić information content (AvgIpc) is 3.08. The van der Waals surface area contributed by atoms with Gasteiger partial charge in [0.15, 0.2) is 17.3 Å². The lowest BCUT2D eigenvalue weighted by molar-refractivity contribution is -0.113. The highest BCUT2D eigenvalue weighted by Gasteiger charge is 2.27. The van der Waals surface area contributed by atoms with E-state index in [0.717, 1.165) is 22.4 Å². The minimum Gasteiger partial charge on any atom is -0.497 e. The minimum absolute atomic E-state index is 0.116. The summed E-state index contributed by atoms with van der Waals surface area (Å²) in [6.07, 6.45) is 1.20. The van der Waals surface area contributed by atoms with Crippen molar-refractivity contribution in [1.29, 1.82) is 0 Å². The van der Waals surface area contributed by atoms with Crippen molar-refractivity contribution in [2.24, 2.45) is 0 Å². The lowest BCUT2D eigenvalue weighted by Gasteiger charge is -2.15. The molecule has 1 aliphatic carbocycles. The van der Waals surface area contributed by atoms with Gasteiger partial charge >= 0.3 is 0 Å². The molecule has 0 bridgehead atoms. The molecule has 0 saturated heterocycles. The maximum atomic E-state index is 12.6. The van der Waals surface area contributed by atoms with Crippen LogP contribution in [0.2, 0.25) is 0 Å². The summed E-state index contributed by atoms with van der Waals surface area (Å²) in [6.45, 7) is 0. The van der Waals surface area contributed by atoms with Gasteiger partial charge in [-0.2, -0.15) is 0 Å². The number of methoxy groups -OCH3 is 4. The third-order valence-electron chi connectivity index (χ3n) is 4.57. The van der Waals surface area contributed by atoms with E-state index in [2.05, 4.69) is 0 Å². The quantitative estimate of drug-likeness (QED) is 0.785. The van der Waals surface area contributed by atoms with Crippen molar-refractivity contribution in [1.82, 2.24) is 0 Å². The standard InChI is InChI=1S/C21H22O5/c1-23-15-7-5-13(6-8-15)16-9-10-17(22)20(16)14-11-18(24-2)21(26-4)19(12-14)25-3/h5-8,11-12H,9-10H2,1-4H3. The van der Waals surface area contributed by atoms with Crippen LogP contribution in [-0.4, -0.2) is 34.2 Å². The van der Waals surface area contributed by atoms with Crippen molar-refractivity contribution >= 4 is 16.9 Å². The van der Waals surface area contributed by atoms with Crippen molar-refractivity contribution in [3.63, 3.8) is 0 Å². The average molecular weight is 354 g/mol. The molecule has 0 fully saturated rings. The fraction of sp³-hybridized carbons (Fsp3) is 0.286. The molecule has 3 rings (SSSR count). The molecule has 0 N–H and O–H groups in total. The summed E-state index contributed by atoms with van der Waals surface area (Å²) in [4.78, 5) is 12.6. The molecule has 136 valence electrons. The van der Waals surface area contributed by atoms with E-state index in [1.54, 1.807) is 28.4 Å². The highest BCUT2D eigenvalue weighted by molar-refractivity contribution is 6.31. The number of ether oxygens (including phenoxy) is 4. The lowest BCUT2D eigenvalue weighted by Crippen LogP contribution is -2.00. The molecule has 0 unspecified atom stereocenters. The maximum Gasteiger partial charge on any atom is 0.203 e. The van der Waals surface area contributed by atoms with Gasteiger partial charge < -0.3 is 18.9 Å². The summed E-state index contributed by atoms with van der Waals surface area (Å²) in [7, 11) is 6.32. The first-order chi connectivity index (χ1) is 12.6. The monoisotopic (exact) mass is 354 g/mol. The molecule has 26 heavy (non-hydrogen) atoms. The van der Waals surface area contributed by atoms with Crippen LogP contribution in [0.4, 0.5) is 0 Å². The van der Waals surface area contributed by atoms with Crippen molar-refractivity contribution in [3.05, 3.63) is 47.5 Å². The SMILES string of the molecule is COc1ccc(C2=C(c3cc(OC)c(OC)c(OC)c3)C(=O)CC2)cc1. The predicted molar refractivity (Wildman–Crippen MR) is 100 cm³/mol. The third-order valence-corrected chi connectivity index (χ3v) is 4.57. The van der Waals surface area contributed by atoms with Gasteiger partial charge in [0.05, 0.1) is 28.4 Å². The van der Waals surface area contributed by atoms with Gasteiger partial charge in [-0.15, -0.1) is 0 Å². The first-order valence-electron chi connectivity index (χ1n) is 8.34. The summed E-state index contributed by atoms with van der Waals surface area (Å²) >= 11 is 0. The van der Waals surface area contributed by atoms with Crippen LogP contribution in [-0.2, 0) is 4.79 Å². The second kappa shape index (κ2) is 7.52. The van der Waals surface area contributed by atoms with Crippen LogP contribution < -0.4 is 18.9 Å². The molecule has 1 aliphatic rings. The highest BCUT2D eigenvalue weighted by Crippen LogP contribution is 2.44. The van der Waals surface area contributed by atoms with Crippen molar-refractivity contribution in [2.45, 2.75) is 12.8 Å². The number of carbonyl (C=O) groups excluding carboxylic acids is 1. The van der Waals surface area contributed by atoms with Gasteiger partial charge in [-0.3, -0.25) is 4.79 Å². The summed E-state index contributed by atoms with van der Waals surface area (Å²) in [5.41, 5.74) is 3.51. The smallest absolute Gasteiger partial charge is 0.203 e. The number of allylic oxidation sites excluding steroid dienone is 2. The predicted octanol–water partition coefficient (Wildman–Crippen LogP) is 3.99. The van der Waals surface area contributed by atoms with Gasteiger partial charge in [0.2, 0.25) is 5.75 Å². The molecule has 0 aliphatic heterocycles. The normalized spacial score (nSPS) is 13.8. The molecule has 0 heterocycles. The number of hydrogen-bond acceptors (Lipinski definition) is 5. The third kappa shape index (κ3) is 3.12. The number of ketones is 1. The second-order valence-corrected chi connectivity index (χ2v) is 5.92. The topological polar surface area (TPSA) is 54.0 Å². The number of hydrogen-bond donors (Lipinski definition) is 0. The lowest BCUT2D eigenvalue weighted by atomic mass is 9.96. The Hall–Kier alpha value is -2.95. The summed E-state index contributed by atoms with van der Waals surface area (Å²) in [5.74, 6) is 2.47. The Labute approximate surface area is 153 Å². The zero-order valence-electron chi connectivity index (χ0n) is 15.4. The van der Waals surface area contributed by atoms with E-state index < -0.39 is 0 Å². The van der Waals surface area contributed by atoms with Crippen LogP contribution >= 0.6 is 0 Å². The fourth-order valence-corrected chi connectivity index (χ4v) is 3.30. The van der Waals surface area contributed by atoms with Crippen LogP contribution in [0.3, 0.4) is 0 Å². The number of Topliss-reactive ketones (excluding diaryl/α,β-unsaturated/α-hetero) is 1. The largest absolute Gasteiger partial charge is 0.497 e. The van der Waals surface area contributed by atoms with Gasteiger partial charge in [-0.25, -0.2) is 0 Å². The molecular formula is C21H22O5. The Balaban J connectivity index is 2.16. The maximum absolute atomic E-state index is 12.6. The van der Waals surface area contributed by atoms with E-state index in [-0.39, 0.29) is 5.78 Å². The second-order valence-electron chi connectivity index (χ2n) is 5.92. The molecule has 0 saturated carbocycles. The van der Waals surface area contributed by atoms with E-state index in [0.29, 0.717) is 35.7 Å². The number of benzene rings is 2. The molecule has 0 atom stereocenters. The van der Waals surface area contributed by atoms with Crippen LogP contribution in [0.15, 0.2) is 36.4 Å². The molecule has 5 heteroatoms. The van der Waals surface area contributed by atoms with Crippen molar-refractivity contribution in [2.75, 3.05) is 28.4 Å². The Morgan fingerprint density at radius 1 is 0.731 bits per heavy atom. The van der Waals surface area contributed by atoms with Gasteiger partial charge in [0, 0.05) is 12.0 Å². The van der Waals surface area contributed by atoms with Gasteiger partial charge in [0.25, 0.3) is 0 Å². The van der Waals surface area contributed by atoms with Crippen LogP contribution in [0, 0.1) is 0 Å². The van der Waals surface area contributed by atoms with Crippen molar-refractivity contribution in [3.8, 4) is 23.0 Å². The Bertz CT molecular complexity index is 824. The summed E-state index contributed by atoms with van der Waals surface area (Å²) in [6, 6.07) is 11.4. The van der Waals surface area contributed by atoms with Gasteiger partial charge in [-0.1, -0.05) is 12.1 Å². The van der Waals surface area contributed by atoms with E-state index in [1.165, 1.54) is 0 Å². The molecule has 0 spiro atoms. The Morgan fingerprint density at radius 2 is 1.35 bits per heavy atom. The summed E-state index contributed by atoms with van der Waals surface area (Å²) < 4.78 is 21.5. The number of rotatable bonds is 6. The van der Waals surface area contributed by atoms with E-state index >= 15 is 0 Å². The molecule has 0 radical (unpaired) electrons. The highest BCUT2D eigenvalue weighted by atomic mass is 16.5. The molecule has 5 nitrogen and oxygen atoms in total. The van der Waals surface area contributed by atoms with Gasteiger partial charge in [-0.05, 0) is 47.4 Å². The van der Waals surface area contributed by atoms with E-state index in [1.807, 2.05) is 36.4 Å².